The molecule has 19 heavy (non-hydrogen) atoms. The first kappa shape index (κ1) is 15.1. The van der Waals surface area contributed by atoms with Crippen molar-refractivity contribution in [2.75, 3.05) is 13.2 Å². The number of hydrogen-bond acceptors (Lipinski definition) is 4. The van der Waals surface area contributed by atoms with Crippen LogP contribution in [-0.4, -0.2) is 42.4 Å². The van der Waals surface area contributed by atoms with Crippen molar-refractivity contribution < 1.29 is 24.2 Å². The number of ether oxygens (including phenoxy) is 1. The van der Waals surface area contributed by atoms with Gasteiger partial charge in [-0.2, -0.15) is 0 Å². The van der Waals surface area contributed by atoms with E-state index in [0.29, 0.717) is 12.8 Å². The van der Waals surface area contributed by atoms with Gasteiger partial charge in [-0.3, -0.25) is 4.79 Å². The number of carbonyl (C=O) groups excluding carboxylic acids is 2. The van der Waals surface area contributed by atoms with Gasteiger partial charge in [0.05, 0.1) is 12.5 Å². The summed E-state index contributed by atoms with van der Waals surface area (Å²) in [6.45, 7) is 0.162. The average molecular weight is 273 g/mol. The number of nitrogens with two attached hydrogens (primary N) is 1. The van der Waals surface area contributed by atoms with Gasteiger partial charge in [0, 0.05) is 6.04 Å². The normalized spacial score (nSPS) is 22.3. The maximum Gasteiger partial charge on any atom is 0.404 e. The molecule has 1 saturated carbocycles. The van der Waals surface area contributed by atoms with E-state index >= 15 is 0 Å². The molecule has 0 bridgehead atoms. The van der Waals surface area contributed by atoms with E-state index in [0.717, 1.165) is 12.8 Å². The monoisotopic (exact) mass is 273 g/mol. The first-order valence-electron chi connectivity index (χ1n) is 6.18. The largest absolute Gasteiger partial charge is 0.481 e. The number of nitrogens with one attached hydrogen (secondary N) is 2. The van der Waals surface area contributed by atoms with Crippen LogP contribution in [-0.2, 0) is 9.53 Å². The predicted octanol–water partition coefficient (Wildman–Crippen LogP) is 0.0243. The Labute approximate surface area is 110 Å². The summed E-state index contributed by atoms with van der Waals surface area (Å²) >= 11 is 0. The molecule has 0 heterocycles. The Hall–Kier alpha value is -1.99. The number of urea groups is 1. The van der Waals surface area contributed by atoms with E-state index in [-0.39, 0.29) is 19.2 Å². The Morgan fingerprint density at radius 3 is 2.68 bits per heavy atom. The lowest BCUT2D eigenvalue weighted by molar-refractivity contribution is -0.143. The van der Waals surface area contributed by atoms with E-state index in [4.69, 9.17) is 10.8 Å². The summed E-state index contributed by atoms with van der Waals surface area (Å²) in [6, 6.07) is -0.531. The van der Waals surface area contributed by atoms with Gasteiger partial charge in [-0.1, -0.05) is 6.42 Å². The van der Waals surface area contributed by atoms with Crippen LogP contribution in [0.2, 0.25) is 0 Å². The fourth-order valence-electron chi connectivity index (χ4n) is 2.10. The molecule has 8 heteroatoms. The number of carboxylic acid groups (broad SMARTS) is 1. The van der Waals surface area contributed by atoms with Crippen LogP contribution in [0, 0.1) is 5.92 Å². The first-order chi connectivity index (χ1) is 8.99. The number of hydrogen-bond donors (Lipinski definition) is 4. The lowest BCUT2D eigenvalue weighted by Crippen LogP contribution is -2.45. The number of carboxylic acids is 1. The third-order valence-electron chi connectivity index (χ3n) is 2.99. The standard InChI is InChI=1S/C11H19N3O5/c12-10(17)19-5-4-13-11(18)14-8-3-1-2-7(6-8)9(15)16/h7-8H,1-6H2,(H2,12,17)(H,15,16)(H2,13,14,18). The van der Waals surface area contributed by atoms with Crippen LogP contribution >= 0.6 is 0 Å². The summed E-state index contributed by atoms with van der Waals surface area (Å²) in [5.41, 5.74) is 4.76. The van der Waals surface area contributed by atoms with Crippen molar-refractivity contribution in [3.63, 3.8) is 0 Å². The molecular weight excluding hydrogens is 254 g/mol. The molecule has 1 aliphatic rings. The van der Waals surface area contributed by atoms with E-state index < -0.39 is 24.0 Å². The maximum absolute atomic E-state index is 11.5. The third-order valence-corrected chi connectivity index (χ3v) is 2.99. The molecule has 1 aliphatic carbocycles. The minimum atomic E-state index is -0.890. The van der Waals surface area contributed by atoms with Crippen molar-refractivity contribution in [3.05, 3.63) is 0 Å². The summed E-state index contributed by atoms with van der Waals surface area (Å²) in [4.78, 5) is 32.6. The van der Waals surface area contributed by atoms with E-state index in [9.17, 15) is 14.4 Å². The summed E-state index contributed by atoms with van der Waals surface area (Å²) in [5, 5.41) is 14.1. The Morgan fingerprint density at radius 1 is 1.32 bits per heavy atom. The molecule has 0 saturated heterocycles. The molecule has 2 atom stereocenters. The zero-order valence-corrected chi connectivity index (χ0v) is 10.6. The quantitative estimate of drug-likeness (QED) is 0.525. The highest BCUT2D eigenvalue weighted by molar-refractivity contribution is 5.74. The molecule has 0 spiro atoms. The van der Waals surface area contributed by atoms with Gasteiger partial charge in [0.2, 0.25) is 0 Å². The molecule has 0 aromatic rings. The molecule has 2 unspecified atom stereocenters. The number of amides is 3. The lowest BCUT2D eigenvalue weighted by Gasteiger charge is -2.27. The highest BCUT2D eigenvalue weighted by atomic mass is 16.5. The molecule has 0 aromatic carbocycles. The molecule has 0 aromatic heterocycles. The van der Waals surface area contributed by atoms with Crippen LogP contribution in [0.5, 0.6) is 0 Å². The van der Waals surface area contributed by atoms with Crippen LogP contribution < -0.4 is 16.4 Å². The first-order valence-corrected chi connectivity index (χ1v) is 6.18. The second-order valence-corrected chi connectivity index (χ2v) is 4.47. The second-order valence-electron chi connectivity index (χ2n) is 4.47. The van der Waals surface area contributed by atoms with Crippen LogP contribution in [0.25, 0.3) is 0 Å². The summed E-state index contributed by atoms with van der Waals surface area (Å²) in [7, 11) is 0. The molecule has 1 fully saturated rings. The van der Waals surface area contributed by atoms with Gasteiger partial charge >= 0.3 is 18.1 Å². The fourth-order valence-corrected chi connectivity index (χ4v) is 2.10. The summed E-state index contributed by atoms with van der Waals surface area (Å²) in [6.07, 6.45) is 1.77. The van der Waals surface area contributed by atoms with Crippen molar-refractivity contribution in [1.29, 1.82) is 0 Å². The summed E-state index contributed by atoms with van der Waals surface area (Å²) in [5.74, 6) is -1.21. The molecular formula is C11H19N3O5. The van der Waals surface area contributed by atoms with Gasteiger partial charge in [0.15, 0.2) is 0 Å². The van der Waals surface area contributed by atoms with Gasteiger partial charge in [0.1, 0.15) is 6.61 Å². The lowest BCUT2D eigenvalue weighted by atomic mass is 9.86. The number of carbonyl (C=O) groups is 3. The van der Waals surface area contributed by atoms with Crippen molar-refractivity contribution in [3.8, 4) is 0 Å². The van der Waals surface area contributed by atoms with Crippen molar-refractivity contribution in [2.45, 2.75) is 31.7 Å². The number of primary amides is 1. The molecule has 5 N–H and O–H groups in total. The second kappa shape index (κ2) is 7.45. The SMILES string of the molecule is NC(=O)OCCNC(=O)NC1CCCC(C(=O)O)C1. The molecule has 0 aliphatic heterocycles. The fraction of sp³-hybridized carbons (Fsp3) is 0.727. The van der Waals surface area contributed by atoms with Crippen LogP contribution in [0.3, 0.4) is 0 Å². The van der Waals surface area contributed by atoms with E-state index in [1.54, 1.807) is 0 Å². The summed E-state index contributed by atoms with van der Waals surface area (Å²) < 4.78 is 4.45. The van der Waals surface area contributed by atoms with Crippen molar-refractivity contribution in [1.82, 2.24) is 10.6 Å². The third kappa shape index (κ3) is 5.94. The minimum Gasteiger partial charge on any atom is -0.481 e. The Balaban J connectivity index is 2.20. The number of rotatable bonds is 5. The smallest absolute Gasteiger partial charge is 0.404 e. The highest BCUT2D eigenvalue weighted by Gasteiger charge is 2.27. The Bertz CT molecular complexity index is 347. The van der Waals surface area contributed by atoms with E-state index in [1.165, 1.54) is 0 Å². The Morgan fingerprint density at radius 2 is 2.05 bits per heavy atom. The van der Waals surface area contributed by atoms with Gasteiger partial charge < -0.3 is 26.2 Å². The molecule has 108 valence electrons. The average Bonchev–Trinajstić information content (AvgIpc) is 2.34. The van der Waals surface area contributed by atoms with E-state index in [2.05, 4.69) is 15.4 Å². The van der Waals surface area contributed by atoms with Gasteiger partial charge in [-0.25, -0.2) is 9.59 Å². The highest BCUT2D eigenvalue weighted by Crippen LogP contribution is 2.24. The maximum atomic E-state index is 11.5. The zero-order valence-electron chi connectivity index (χ0n) is 10.6. The number of aliphatic carboxylic acids is 1. The molecule has 8 nitrogen and oxygen atoms in total. The van der Waals surface area contributed by atoms with Gasteiger partial charge in [-0.05, 0) is 19.3 Å². The van der Waals surface area contributed by atoms with Crippen LogP contribution in [0.1, 0.15) is 25.7 Å². The van der Waals surface area contributed by atoms with Gasteiger partial charge in [-0.15, -0.1) is 0 Å². The molecule has 0 radical (unpaired) electrons. The molecule has 3 amide bonds. The zero-order chi connectivity index (χ0) is 14.3. The topological polar surface area (TPSA) is 131 Å². The van der Waals surface area contributed by atoms with Gasteiger partial charge in [0.25, 0.3) is 0 Å². The van der Waals surface area contributed by atoms with Crippen molar-refractivity contribution >= 4 is 18.1 Å². The van der Waals surface area contributed by atoms with Crippen LogP contribution in [0.15, 0.2) is 0 Å². The van der Waals surface area contributed by atoms with Crippen molar-refractivity contribution in [2.24, 2.45) is 11.7 Å². The van der Waals surface area contributed by atoms with Crippen LogP contribution in [0.4, 0.5) is 9.59 Å². The Kier molecular flexibility index (Phi) is 5.91. The van der Waals surface area contributed by atoms with E-state index in [1.807, 2.05) is 0 Å². The predicted molar refractivity (Wildman–Crippen MR) is 65.5 cm³/mol. The minimum absolute atomic E-state index is 0.00513. The molecule has 1 rings (SSSR count).